The minimum absolute atomic E-state index is 0.0585. The Morgan fingerprint density at radius 2 is 1.77 bits per heavy atom. The normalized spacial score (nSPS) is 15.4. The first kappa shape index (κ1) is 14.3. The number of carbonyl (C=O) groups is 1. The third-order valence-electron chi connectivity index (χ3n) is 3.57. The maximum atomic E-state index is 12.2. The predicted octanol–water partition coefficient (Wildman–Crippen LogP) is 2.55. The molecule has 1 aromatic heterocycles. The van der Waals surface area contributed by atoms with Crippen LogP contribution in [0.3, 0.4) is 0 Å². The monoisotopic (exact) mass is 298 g/mol. The molecule has 0 saturated carbocycles. The summed E-state index contributed by atoms with van der Waals surface area (Å²) < 4.78 is 5.72. The van der Waals surface area contributed by atoms with Crippen molar-refractivity contribution in [2.75, 3.05) is 18.4 Å². The van der Waals surface area contributed by atoms with Crippen LogP contribution < -0.4 is 10.1 Å². The molecule has 1 aromatic carbocycles. The lowest BCUT2D eigenvalue weighted by atomic mass is 10.1. The van der Waals surface area contributed by atoms with Crippen LogP contribution in [0.2, 0.25) is 0 Å². The molecule has 2 amide bonds. The second-order valence-corrected chi connectivity index (χ2v) is 5.13. The standard InChI is InChI=1S/C16H18N4O2/c21-16(19-13-5-2-1-3-6-13)20-11-7-14(8-12-20)22-15-17-9-4-10-18-15/h1-6,9-10,14H,7-8,11-12H2,(H,19,21). The van der Waals surface area contributed by atoms with Gasteiger partial charge in [-0.05, 0) is 18.2 Å². The number of anilines is 1. The molecule has 6 heteroatoms. The Balaban J connectivity index is 1.48. The van der Waals surface area contributed by atoms with E-state index in [1.165, 1.54) is 0 Å². The number of likely N-dealkylation sites (tertiary alicyclic amines) is 1. The zero-order valence-corrected chi connectivity index (χ0v) is 12.2. The third-order valence-corrected chi connectivity index (χ3v) is 3.57. The molecule has 0 atom stereocenters. The van der Waals surface area contributed by atoms with E-state index < -0.39 is 0 Å². The molecule has 1 fully saturated rings. The van der Waals surface area contributed by atoms with Gasteiger partial charge in [0.25, 0.3) is 0 Å². The average Bonchev–Trinajstić information content (AvgIpc) is 2.57. The fraction of sp³-hybridized carbons (Fsp3) is 0.312. The van der Waals surface area contributed by atoms with E-state index >= 15 is 0 Å². The number of carbonyl (C=O) groups excluding carboxylic acids is 1. The Labute approximate surface area is 129 Å². The van der Waals surface area contributed by atoms with Crippen molar-refractivity contribution in [1.82, 2.24) is 14.9 Å². The number of rotatable bonds is 3. The molecule has 6 nitrogen and oxygen atoms in total. The van der Waals surface area contributed by atoms with Crippen LogP contribution in [0.1, 0.15) is 12.8 Å². The van der Waals surface area contributed by atoms with Gasteiger partial charge < -0.3 is 15.0 Å². The van der Waals surface area contributed by atoms with Gasteiger partial charge >= 0.3 is 12.0 Å². The summed E-state index contributed by atoms with van der Waals surface area (Å²) in [4.78, 5) is 22.1. The van der Waals surface area contributed by atoms with E-state index in [0.717, 1.165) is 18.5 Å². The lowest BCUT2D eigenvalue weighted by Gasteiger charge is -2.31. The number of hydrogen-bond donors (Lipinski definition) is 1. The molecule has 1 N–H and O–H groups in total. The lowest BCUT2D eigenvalue weighted by Crippen LogP contribution is -2.43. The van der Waals surface area contributed by atoms with Crippen LogP contribution in [-0.4, -0.2) is 40.1 Å². The second-order valence-electron chi connectivity index (χ2n) is 5.13. The van der Waals surface area contributed by atoms with E-state index in [9.17, 15) is 4.79 Å². The van der Waals surface area contributed by atoms with E-state index in [2.05, 4.69) is 15.3 Å². The molecule has 114 valence electrons. The van der Waals surface area contributed by atoms with Gasteiger partial charge in [0.2, 0.25) is 0 Å². The van der Waals surface area contributed by atoms with Crippen LogP contribution in [0.4, 0.5) is 10.5 Å². The minimum Gasteiger partial charge on any atom is -0.460 e. The molecule has 0 aliphatic carbocycles. The number of ether oxygens (including phenoxy) is 1. The number of para-hydroxylation sites is 1. The number of urea groups is 1. The van der Waals surface area contributed by atoms with Crippen molar-refractivity contribution >= 4 is 11.7 Å². The highest BCUT2D eigenvalue weighted by atomic mass is 16.5. The van der Waals surface area contributed by atoms with Gasteiger partial charge in [0.1, 0.15) is 6.10 Å². The summed E-state index contributed by atoms with van der Waals surface area (Å²) in [6.07, 6.45) is 4.93. The van der Waals surface area contributed by atoms with Gasteiger partial charge in [-0.25, -0.2) is 14.8 Å². The van der Waals surface area contributed by atoms with E-state index in [1.807, 2.05) is 30.3 Å². The van der Waals surface area contributed by atoms with Crippen molar-refractivity contribution in [3.63, 3.8) is 0 Å². The molecular weight excluding hydrogens is 280 g/mol. The Bertz CT molecular complexity index is 598. The second kappa shape index (κ2) is 6.89. The molecule has 0 bridgehead atoms. The summed E-state index contributed by atoms with van der Waals surface area (Å²) in [5, 5.41) is 2.90. The number of amides is 2. The lowest BCUT2D eigenvalue weighted by molar-refractivity contribution is 0.107. The van der Waals surface area contributed by atoms with Crippen LogP contribution in [0.25, 0.3) is 0 Å². The van der Waals surface area contributed by atoms with Crippen molar-refractivity contribution in [3.8, 4) is 6.01 Å². The molecule has 22 heavy (non-hydrogen) atoms. The number of nitrogens with zero attached hydrogens (tertiary/aromatic N) is 3. The van der Waals surface area contributed by atoms with E-state index in [-0.39, 0.29) is 12.1 Å². The predicted molar refractivity (Wildman–Crippen MR) is 82.7 cm³/mol. The number of aromatic nitrogens is 2. The van der Waals surface area contributed by atoms with Crippen LogP contribution in [0.15, 0.2) is 48.8 Å². The van der Waals surface area contributed by atoms with Gasteiger partial charge in [0, 0.05) is 44.0 Å². The first-order valence-electron chi connectivity index (χ1n) is 7.36. The van der Waals surface area contributed by atoms with Crippen LogP contribution in [0.5, 0.6) is 6.01 Å². The van der Waals surface area contributed by atoms with Gasteiger partial charge in [-0.15, -0.1) is 0 Å². The highest BCUT2D eigenvalue weighted by molar-refractivity contribution is 5.89. The van der Waals surface area contributed by atoms with Crippen LogP contribution >= 0.6 is 0 Å². The first-order chi connectivity index (χ1) is 10.8. The quantitative estimate of drug-likeness (QED) is 0.945. The van der Waals surface area contributed by atoms with Gasteiger partial charge in [0.05, 0.1) is 0 Å². The maximum Gasteiger partial charge on any atom is 0.321 e. The number of hydrogen-bond acceptors (Lipinski definition) is 4. The van der Waals surface area contributed by atoms with Crippen LogP contribution in [-0.2, 0) is 0 Å². The SMILES string of the molecule is O=C(Nc1ccccc1)N1CCC(Oc2ncccn2)CC1. The van der Waals surface area contributed by atoms with Crippen molar-refractivity contribution in [2.45, 2.75) is 18.9 Å². The average molecular weight is 298 g/mol. The Morgan fingerprint density at radius 3 is 2.45 bits per heavy atom. The highest BCUT2D eigenvalue weighted by Crippen LogP contribution is 2.16. The van der Waals surface area contributed by atoms with E-state index in [4.69, 9.17) is 4.74 Å². The zero-order chi connectivity index (χ0) is 15.2. The fourth-order valence-electron chi connectivity index (χ4n) is 2.40. The summed E-state index contributed by atoms with van der Waals surface area (Å²) >= 11 is 0. The number of nitrogens with one attached hydrogen (secondary N) is 1. The van der Waals surface area contributed by atoms with E-state index in [0.29, 0.717) is 19.1 Å². The smallest absolute Gasteiger partial charge is 0.321 e. The van der Waals surface area contributed by atoms with Crippen molar-refractivity contribution < 1.29 is 9.53 Å². The molecule has 2 aromatic rings. The fourth-order valence-corrected chi connectivity index (χ4v) is 2.40. The molecule has 1 aliphatic rings. The number of piperidine rings is 1. The molecule has 3 rings (SSSR count). The number of benzene rings is 1. The molecule has 1 saturated heterocycles. The van der Waals surface area contributed by atoms with Gasteiger partial charge in [-0.3, -0.25) is 0 Å². The molecule has 1 aliphatic heterocycles. The van der Waals surface area contributed by atoms with Gasteiger partial charge in [0.15, 0.2) is 0 Å². The molecular formula is C16H18N4O2. The van der Waals surface area contributed by atoms with Crippen molar-refractivity contribution in [2.24, 2.45) is 0 Å². The summed E-state index contributed by atoms with van der Waals surface area (Å²) in [5.74, 6) is 0. The highest BCUT2D eigenvalue weighted by Gasteiger charge is 2.24. The summed E-state index contributed by atoms with van der Waals surface area (Å²) in [6.45, 7) is 1.33. The van der Waals surface area contributed by atoms with E-state index in [1.54, 1.807) is 23.4 Å². The third kappa shape index (κ3) is 3.72. The Morgan fingerprint density at radius 1 is 1.09 bits per heavy atom. The van der Waals surface area contributed by atoms with Crippen molar-refractivity contribution in [1.29, 1.82) is 0 Å². The molecule has 0 spiro atoms. The zero-order valence-electron chi connectivity index (χ0n) is 12.2. The van der Waals surface area contributed by atoms with Crippen LogP contribution in [0, 0.1) is 0 Å². The Kier molecular flexibility index (Phi) is 4.48. The van der Waals surface area contributed by atoms with Gasteiger partial charge in [-0.1, -0.05) is 18.2 Å². The summed E-state index contributed by atoms with van der Waals surface area (Å²) in [5.41, 5.74) is 0.809. The Hall–Kier alpha value is -2.63. The molecule has 2 heterocycles. The molecule has 0 radical (unpaired) electrons. The molecule has 0 unspecified atom stereocenters. The summed E-state index contributed by atoms with van der Waals surface area (Å²) in [7, 11) is 0. The topological polar surface area (TPSA) is 67.4 Å². The minimum atomic E-state index is -0.0689. The summed E-state index contributed by atoms with van der Waals surface area (Å²) in [6, 6.07) is 11.6. The maximum absolute atomic E-state index is 12.2. The largest absolute Gasteiger partial charge is 0.460 e. The van der Waals surface area contributed by atoms with Crippen molar-refractivity contribution in [3.05, 3.63) is 48.8 Å². The first-order valence-corrected chi connectivity index (χ1v) is 7.36. The van der Waals surface area contributed by atoms with Gasteiger partial charge in [-0.2, -0.15) is 0 Å².